The van der Waals surface area contributed by atoms with E-state index >= 15 is 0 Å². The lowest BCUT2D eigenvalue weighted by molar-refractivity contribution is -0.119. The second-order valence-electron chi connectivity index (χ2n) is 6.00. The molecule has 2 aromatic rings. The van der Waals surface area contributed by atoms with Crippen LogP contribution in [0.25, 0.3) is 0 Å². The number of fused-ring (bicyclic) bond motifs is 2. The Hall–Kier alpha value is -2.62. The van der Waals surface area contributed by atoms with Crippen molar-refractivity contribution in [1.29, 1.82) is 0 Å². The van der Waals surface area contributed by atoms with Crippen molar-refractivity contribution in [2.45, 2.75) is 32.9 Å². The number of hydrogen-bond donors (Lipinski definition) is 0. The van der Waals surface area contributed by atoms with Gasteiger partial charge in [0.2, 0.25) is 5.96 Å². The highest BCUT2D eigenvalue weighted by atomic mass is 16.2. The number of amides is 1. The van der Waals surface area contributed by atoms with E-state index in [0.29, 0.717) is 0 Å². The monoisotopic (exact) mass is 305 g/mol. The summed E-state index contributed by atoms with van der Waals surface area (Å²) in [6.07, 6.45) is 0.887. The Morgan fingerprint density at radius 1 is 1.13 bits per heavy atom. The minimum absolute atomic E-state index is 0.0949. The SMILES string of the molecule is CCc1ccccc1N1C(=O)C(C)N2Cc3ccccc3N=C12. The molecule has 0 spiro atoms. The van der Waals surface area contributed by atoms with E-state index in [9.17, 15) is 4.79 Å². The van der Waals surface area contributed by atoms with Crippen LogP contribution in [-0.2, 0) is 17.8 Å². The van der Waals surface area contributed by atoms with E-state index in [0.717, 1.165) is 35.9 Å². The number of rotatable bonds is 2. The average Bonchev–Trinajstić information content (AvgIpc) is 2.83. The maximum Gasteiger partial charge on any atom is 0.256 e. The molecule has 0 aromatic heterocycles. The molecular formula is C19H19N3O. The van der Waals surface area contributed by atoms with Gasteiger partial charge in [0.05, 0.1) is 11.4 Å². The number of anilines is 1. The van der Waals surface area contributed by atoms with Gasteiger partial charge in [-0.25, -0.2) is 9.89 Å². The largest absolute Gasteiger partial charge is 0.326 e. The van der Waals surface area contributed by atoms with Gasteiger partial charge in [0, 0.05) is 6.54 Å². The van der Waals surface area contributed by atoms with Gasteiger partial charge in [-0.3, -0.25) is 4.79 Å². The highest BCUT2D eigenvalue weighted by Gasteiger charge is 2.43. The first-order valence-corrected chi connectivity index (χ1v) is 8.06. The Morgan fingerprint density at radius 2 is 1.87 bits per heavy atom. The van der Waals surface area contributed by atoms with Crippen LogP contribution in [0.3, 0.4) is 0 Å². The number of para-hydroxylation sites is 2. The van der Waals surface area contributed by atoms with E-state index in [4.69, 9.17) is 4.99 Å². The molecule has 4 nitrogen and oxygen atoms in total. The summed E-state index contributed by atoms with van der Waals surface area (Å²) in [5.74, 6) is 0.847. The summed E-state index contributed by atoms with van der Waals surface area (Å²) >= 11 is 0. The first-order valence-electron chi connectivity index (χ1n) is 8.06. The maximum absolute atomic E-state index is 12.9. The molecule has 23 heavy (non-hydrogen) atoms. The van der Waals surface area contributed by atoms with E-state index in [2.05, 4.69) is 24.0 Å². The molecule has 1 fully saturated rings. The minimum atomic E-state index is -0.188. The zero-order valence-corrected chi connectivity index (χ0v) is 13.4. The first-order chi connectivity index (χ1) is 11.2. The van der Waals surface area contributed by atoms with Crippen LogP contribution in [0.5, 0.6) is 0 Å². The standard InChI is InChI=1S/C19H19N3O/c1-3-14-8-5-7-11-17(14)22-18(23)13(2)21-12-15-9-4-6-10-16(15)20-19(21)22/h4-11,13H,3,12H2,1-2H3. The number of aliphatic imine (C=N–C) groups is 1. The predicted molar refractivity (Wildman–Crippen MR) is 91.8 cm³/mol. The van der Waals surface area contributed by atoms with Gasteiger partial charge in [-0.15, -0.1) is 0 Å². The van der Waals surface area contributed by atoms with Crippen LogP contribution in [0, 0.1) is 0 Å². The average molecular weight is 305 g/mol. The van der Waals surface area contributed by atoms with E-state index in [-0.39, 0.29) is 11.9 Å². The summed E-state index contributed by atoms with van der Waals surface area (Å²) < 4.78 is 0. The molecule has 2 aliphatic heterocycles. The smallest absolute Gasteiger partial charge is 0.256 e. The second kappa shape index (κ2) is 5.23. The molecular weight excluding hydrogens is 286 g/mol. The molecule has 1 saturated heterocycles. The number of aryl methyl sites for hydroxylation is 1. The summed E-state index contributed by atoms with van der Waals surface area (Å²) in [6.45, 7) is 4.80. The highest BCUT2D eigenvalue weighted by molar-refractivity contribution is 6.24. The number of carbonyl (C=O) groups excluding carboxylic acids is 1. The van der Waals surface area contributed by atoms with Crippen molar-refractivity contribution in [3.8, 4) is 0 Å². The fourth-order valence-electron chi connectivity index (χ4n) is 3.34. The molecule has 4 rings (SSSR count). The topological polar surface area (TPSA) is 35.9 Å². The van der Waals surface area contributed by atoms with Crippen molar-refractivity contribution in [2.24, 2.45) is 4.99 Å². The van der Waals surface area contributed by atoms with Crippen molar-refractivity contribution in [1.82, 2.24) is 4.90 Å². The summed E-state index contributed by atoms with van der Waals surface area (Å²) in [5.41, 5.74) is 4.24. The van der Waals surface area contributed by atoms with Crippen molar-refractivity contribution in [2.75, 3.05) is 4.90 Å². The van der Waals surface area contributed by atoms with E-state index in [1.165, 1.54) is 5.56 Å². The van der Waals surface area contributed by atoms with Crippen LogP contribution in [0.4, 0.5) is 11.4 Å². The summed E-state index contributed by atoms with van der Waals surface area (Å²) in [6, 6.07) is 16.0. The lowest BCUT2D eigenvalue weighted by Crippen LogP contribution is -2.37. The molecule has 2 aromatic carbocycles. The van der Waals surface area contributed by atoms with Gasteiger partial charge < -0.3 is 4.90 Å². The third-order valence-corrected chi connectivity index (χ3v) is 4.67. The van der Waals surface area contributed by atoms with Gasteiger partial charge in [-0.2, -0.15) is 0 Å². The number of hydrogen-bond acceptors (Lipinski definition) is 3. The lowest BCUT2D eigenvalue weighted by atomic mass is 10.1. The molecule has 1 unspecified atom stereocenters. The van der Waals surface area contributed by atoms with Crippen LogP contribution in [0.1, 0.15) is 25.0 Å². The zero-order chi connectivity index (χ0) is 16.0. The molecule has 2 aliphatic rings. The van der Waals surface area contributed by atoms with Crippen LogP contribution in [-0.4, -0.2) is 22.8 Å². The van der Waals surface area contributed by atoms with Crippen molar-refractivity contribution in [3.05, 3.63) is 59.7 Å². The third kappa shape index (κ3) is 2.05. The highest BCUT2D eigenvalue weighted by Crippen LogP contribution is 2.35. The van der Waals surface area contributed by atoms with Crippen molar-refractivity contribution >= 4 is 23.2 Å². The van der Waals surface area contributed by atoms with Crippen molar-refractivity contribution < 1.29 is 4.79 Å². The first kappa shape index (κ1) is 14.0. The predicted octanol–water partition coefficient (Wildman–Crippen LogP) is 3.49. The fourth-order valence-corrected chi connectivity index (χ4v) is 3.34. The van der Waals surface area contributed by atoms with Gasteiger partial charge in [-0.05, 0) is 36.6 Å². The van der Waals surface area contributed by atoms with Gasteiger partial charge in [-0.1, -0.05) is 43.3 Å². The molecule has 0 N–H and O–H groups in total. The van der Waals surface area contributed by atoms with E-state index in [1.54, 1.807) is 4.90 Å². The normalized spacial score (nSPS) is 19.5. The molecule has 0 bridgehead atoms. The van der Waals surface area contributed by atoms with Crippen molar-refractivity contribution in [3.63, 3.8) is 0 Å². The minimum Gasteiger partial charge on any atom is -0.326 e. The van der Waals surface area contributed by atoms with Gasteiger partial charge in [0.25, 0.3) is 5.91 Å². The Labute approximate surface area is 136 Å². The molecule has 0 saturated carbocycles. The molecule has 1 atom stereocenters. The summed E-state index contributed by atoms with van der Waals surface area (Å²) in [4.78, 5) is 21.6. The molecule has 116 valence electrons. The van der Waals surface area contributed by atoms with E-state index < -0.39 is 0 Å². The van der Waals surface area contributed by atoms with Gasteiger partial charge in [0.1, 0.15) is 6.04 Å². The number of nitrogens with zero attached hydrogens (tertiary/aromatic N) is 3. The van der Waals surface area contributed by atoms with Gasteiger partial charge >= 0.3 is 0 Å². The van der Waals surface area contributed by atoms with Crippen LogP contribution in [0.15, 0.2) is 53.5 Å². The summed E-state index contributed by atoms with van der Waals surface area (Å²) in [7, 11) is 0. The Balaban J connectivity index is 1.87. The Kier molecular flexibility index (Phi) is 3.18. The Bertz CT molecular complexity index is 812. The number of benzene rings is 2. The van der Waals surface area contributed by atoms with Crippen LogP contribution < -0.4 is 4.90 Å². The lowest BCUT2D eigenvalue weighted by Gasteiger charge is -2.28. The zero-order valence-electron chi connectivity index (χ0n) is 13.4. The molecule has 0 aliphatic carbocycles. The summed E-state index contributed by atoms with van der Waals surface area (Å²) in [5, 5.41) is 0. The quantitative estimate of drug-likeness (QED) is 0.851. The second-order valence-corrected chi connectivity index (χ2v) is 6.00. The Morgan fingerprint density at radius 3 is 2.70 bits per heavy atom. The third-order valence-electron chi connectivity index (χ3n) is 4.67. The number of carbonyl (C=O) groups is 1. The van der Waals surface area contributed by atoms with Crippen LogP contribution >= 0.6 is 0 Å². The molecule has 2 heterocycles. The number of guanidine groups is 1. The van der Waals surface area contributed by atoms with Gasteiger partial charge in [0.15, 0.2) is 0 Å². The molecule has 1 amide bonds. The molecule has 0 radical (unpaired) electrons. The maximum atomic E-state index is 12.9. The van der Waals surface area contributed by atoms with Crippen LogP contribution in [0.2, 0.25) is 0 Å². The molecule has 4 heteroatoms. The fraction of sp³-hybridized carbons (Fsp3) is 0.263. The van der Waals surface area contributed by atoms with E-state index in [1.807, 2.05) is 43.3 Å².